The van der Waals surface area contributed by atoms with Crippen LogP contribution in [0, 0.1) is 0 Å². The van der Waals surface area contributed by atoms with Crippen molar-refractivity contribution in [2.45, 2.75) is 23.9 Å². The van der Waals surface area contributed by atoms with Crippen LogP contribution in [0.5, 0.6) is 0 Å². The standard InChI is InChI=1S/C26H23F3N6O3S/c1-17(36)33-10-12-34(13-11-33)22-14-18(8-9-30-22)15-35-16-20(4-7-23(35)37)25-31-24(32-38-25)19-2-5-21(6-3-19)39-26(27,28)29/h2-9,14,16H,10-13,15H2,1H3. The van der Waals surface area contributed by atoms with E-state index in [1.807, 2.05) is 12.1 Å². The third-order valence-corrected chi connectivity index (χ3v) is 6.95. The third-order valence-electron chi connectivity index (χ3n) is 6.21. The molecule has 3 aromatic heterocycles. The van der Waals surface area contributed by atoms with Crippen molar-refractivity contribution in [3.05, 3.63) is 76.8 Å². The van der Waals surface area contributed by atoms with Gasteiger partial charge in [0.25, 0.3) is 11.4 Å². The number of benzene rings is 1. The van der Waals surface area contributed by atoms with Gasteiger partial charge in [-0.2, -0.15) is 18.2 Å². The summed E-state index contributed by atoms with van der Waals surface area (Å²) in [5, 5.41) is 3.94. The Bertz CT molecular complexity index is 1530. The van der Waals surface area contributed by atoms with Crippen molar-refractivity contribution in [2.24, 2.45) is 0 Å². The number of amides is 1. The van der Waals surface area contributed by atoms with Crippen LogP contribution in [0.2, 0.25) is 0 Å². The fourth-order valence-corrected chi connectivity index (χ4v) is 4.76. The molecule has 0 aliphatic carbocycles. The molecule has 0 atom stereocenters. The molecule has 0 spiro atoms. The number of alkyl halides is 3. The highest BCUT2D eigenvalue weighted by Gasteiger charge is 2.29. The van der Waals surface area contributed by atoms with E-state index in [2.05, 4.69) is 20.0 Å². The van der Waals surface area contributed by atoms with E-state index < -0.39 is 5.51 Å². The largest absolute Gasteiger partial charge is 0.446 e. The average molecular weight is 557 g/mol. The molecule has 5 rings (SSSR count). The molecule has 4 heterocycles. The molecule has 39 heavy (non-hydrogen) atoms. The second-order valence-electron chi connectivity index (χ2n) is 8.89. The molecule has 1 aliphatic heterocycles. The van der Waals surface area contributed by atoms with E-state index in [1.54, 1.807) is 30.3 Å². The minimum absolute atomic E-state index is 0.0552. The lowest BCUT2D eigenvalue weighted by atomic mass is 10.2. The van der Waals surface area contributed by atoms with Gasteiger partial charge in [-0.3, -0.25) is 9.59 Å². The first-order valence-corrected chi connectivity index (χ1v) is 12.8. The molecule has 1 aromatic carbocycles. The van der Waals surface area contributed by atoms with Crippen LogP contribution in [-0.4, -0.2) is 62.2 Å². The van der Waals surface area contributed by atoms with E-state index in [0.29, 0.717) is 37.3 Å². The highest BCUT2D eigenvalue weighted by atomic mass is 32.2. The quantitative estimate of drug-likeness (QED) is 0.325. The summed E-state index contributed by atoms with van der Waals surface area (Å²) in [6.07, 6.45) is 3.31. The van der Waals surface area contributed by atoms with Gasteiger partial charge in [0.2, 0.25) is 11.7 Å². The molecule has 0 radical (unpaired) electrons. The molecule has 9 nitrogen and oxygen atoms in total. The van der Waals surface area contributed by atoms with Crippen molar-refractivity contribution >= 4 is 23.5 Å². The first kappa shape index (κ1) is 26.5. The van der Waals surface area contributed by atoms with Crippen LogP contribution in [0.15, 0.2) is 75.1 Å². The second-order valence-corrected chi connectivity index (χ2v) is 10.0. The zero-order valence-corrected chi connectivity index (χ0v) is 21.6. The van der Waals surface area contributed by atoms with Crippen molar-refractivity contribution in [3.8, 4) is 22.8 Å². The number of rotatable bonds is 6. The highest BCUT2D eigenvalue weighted by molar-refractivity contribution is 8.00. The van der Waals surface area contributed by atoms with E-state index in [4.69, 9.17) is 4.52 Å². The molecule has 0 N–H and O–H groups in total. The van der Waals surface area contributed by atoms with E-state index in [1.165, 1.54) is 34.9 Å². The number of carbonyl (C=O) groups is 1. The molecular weight excluding hydrogens is 533 g/mol. The van der Waals surface area contributed by atoms with Gasteiger partial charge in [0.15, 0.2) is 0 Å². The Morgan fingerprint density at radius 1 is 1.03 bits per heavy atom. The summed E-state index contributed by atoms with van der Waals surface area (Å²) in [5.74, 6) is 1.23. The Kier molecular flexibility index (Phi) is 7.42. The Morgan fingerprint density at radius 3 is 2.44 bits per heavy atom. The predicted octanol–water partition coefficient (Wildman–Crippen LogP) is 4.29. The van der Waals surface area contributed by atoms with Crippen LogP contribution in [0.4, 0.5) is 19.0 Å². The Balaban J connectivity index is 1.31. The van der Waals surface area contributed by atoms with Crippen LogP contribution in [0.25, 0.3) is 22.8 Å². The van der Waals surface area contributed by atoms with Crippen LogP contribution < -0.4 is 10.5 Å². The van der Waals surface area contributed by atoms with Gasteiger partial charge < -0.3 is 18.9 Å². The summed E-state index contributed by atoms with van der Waals surface area (Å²) in [7, 11) is 0. The highest BCUT2D eigenvalue weighted by Crippen LogP contribution is 2.37. The van der Waals surface area contributed by atoms with Gasteiger partial charge in [0.1, 0.15) is 5.82 Å². The first-order valence-electron chi connectivity index (χ1n) is 12.0. The topological polar surface area (TPSA) is 97.4 Å². The monoisotopic (exact) mass is 556 g/mol. The average Bonchev–Trinajstić information content (AvgIpc) is 3.40. The van der Waals surface area contributed by atoms with Gasteiger partial charge in [-0.05, 0) is 59.8 Å². The summed E-state index contributed by atoms with van der Waals surface area (Å²) in [6, 6.07) is 12.4. The fourth-order valence-electron chi connectivity index (χ4n) is 4.22. The summed E-state index contributed by atoms with van der Waals surface area (Å²) in [6.45, 7) is 4.46. The van der Waals surface area contributed by atoms with E-state index in [0.717, 1.165) is 11.4 Å². The minimum atomic E-state index is -4.37. The zero-order chi connectivity index (χ0) is 27.6. The number of aromatic nitrogens is 4. The summed E-state index contributed by atoms with van der Waals surface area (Å²) >= 11 is -0.197. The summed E-state index contributed by atoms with van der Waals surface area (Å²) in [5.41, 5.74) is -2.69. The molecule has 0 saturated carbocycles. The number of piperazine rings is 1. The lowest BCUT2D eigenvalue weighted by molar-refractivity contribution is -0.129. The molecule has 1 amide bonds. The number of anilines is 1. The molecule has 0 bridgehead atoms. The molecule has 4 aromatic rings. The molecule has 13 heteroatoms. The number of nitrogens with zero attached hydrogens (tertiary/aromatic N) is 6. The normalized spacial score (nSPS) is 14.1. The van der Waals surface area contributed by atoms with Gasteiger partial charge in [-0.25, -0.2) is 4.98 Å². The molecule has 1 fully saturated rings. The lowest BCUT2D eigenvalue weighted by Crippen LogP contribution is -2.48. The van der Waals surface area contributed by atoms with Crippen LogP contribution >= 0.6 is 11.8 Å². The van der Waals surface area contributed by atoms with Crippen molar-refractivity contribution in [1.29, 1.82) is 0 Å². The number of hydrogen-bond donors (Lipinski definition) is 0. The van der Waals surface area contributed by atoms with E-state index in [9.17, 15) is 22.8 Å². The summed E-state index contributed by atoms with van der Waals surface area (Å²) < 4.78 is 44.6. The van der Waals surface area contributed by atoms with Crippen LogP contribution in [0.3, 0.4) is 0 Å². The van der Waals surface area contributed by atoms with Crippen molar-refractivity contribution in [3.63, 3.8) is 0 Å². The summed E-state index contributed by atoms with van der Waals surface area (Å²) in [4.78, 5) is 37.0. The van der Waals surface area contributed by atoms with Gasteiger partial charge in [-0.15, -0.1) is 0 Å². The molecule has 202 valence electrons. The Morgan fingerprint density at radius 2 is 1.74 bits per heavy atom. The van der Waals surface area contributed by atoms with Gasteiger partial charge in [0, 0.05) is 62.0 Å². The molecular formula is C26H23F3N6O3S. The van der Waals surface area contributed by atoms with Crippen molar-refractivity contribution < 1.29 is 22.5 Å². The van der Waals surface area contributed by atoms with E-state index >= 15 is 0 Å². The van der Waals surface area contributed by atoms with Crippen molar-refractivity contribution in [1.82, 2.24) is 24.6 Å². The van der Waals surface area contributed by atoms with Gasteiger partial charge in [-0.1, -0.05) is 5.16 Å². The smallest absolute Gasteiger partial charge is 0.353 e. The number of halogens is 3. The number of hydrogen-bond acceptors (Lipinski definition) is 8. The Labute approximate surface area is 225 Å². The molecule has 1 aliphatic rings. The molecule has 0 unspecified atom stereocenters. The third kappa shape index (κ3) is 6.48. The van der Waals surface area contributed by atoms with Crippen LogP contribution in [-0.2, 0) is 11.3 Å². The zero-order valence-electron chi connectivity index (χ0n) is 20.8. The SMILES string of the molecule is CC(=O)N1CCN(c2cc(Cn3cc(-c4nc(-c5ccc(SC(F)(F)F)cc5)no4)ccc3=O)ccn2)CC1. The maximum absolute atomic E-state index is 12.6. The lowest BCUT2D eigenvalue weighted by Gasteiger charge is -2.35. The maximum Gasteiger partial charge on any atom is 0.446 e. The Hall–Kier alpha value is -4.13. The first-order chi connectivity index (χ1) is 18.6. The van der Waals surface area contributed by atoms with Crippen LogP contribution in [0.1, 0.15) is 12.5 Å². The van der Waals surface area contributed by atoms with Crippen molar-refractivity contribution in [2.75, 3.05) is 31.1 Å². The van der Waals surface area contributed by atoms with E-state index in [-0.39, 0.29) is 46.4 Å². The maximum atomic E-state index is 12.6. The van der Waals surface area contributed by atoms with Gasteiger partial charge >= 0.3 is 5.51 Å². The number of carbonyl (C=O) groups excluding carboxylic acids is 1. The second kappa shape index (κ2) is 10.9. The van der Waals surface area contributed by atoms with Gasteiger partial charge in [0.05, 0.1) is 12.1 Å². The number of pyridine rings is 2. The molecule has 1 saturated heterocycles. The number of thioether (sulfide) groups is 1. The predicted molar refractivity (Wildman–Crippen MR) is 139 cm³/mol. The fraction of sp³-hybridized carbons (Fsp3) is 0.269. The minimum Gasteiger partial charge on any atom is -0.353 e.